The number of thioether (sulfide) groups is 1. The molecule has 0 unspecified atom stereocenters. The predicted molar refractivity (Wildman–Crippen MR) is 97.3 cm³/mol. The molecule has 0 bridgehead atoms. The first kappa shape index (κ1) is 16.9. The normalized spacial score (nSPS) is 17.6. The first-order valence-corrected chi connectivity index (χ1v) is 8.90. The standard InChI is InChI=1S/C18H17ClN2O2S/c1-11(12-6-8-13(19)9-7-12)20-17(22)10-16-18(23)21-14-4-2-3-5-15(14)24-16/h2-9,11,16H,10H2,1H3,(H,20,22)(H,21,23)/t11-,16-/m1/s1. The molecule has 4 nitrogen and oxygen atoms in total. The highest BCUT2D eigenvalue weighted by atomic mass is 35.5. The number of hydrogen-bond donors (Lipinski definition) is 2. The van der Waals surface area contributed by atoms with Gasteiger partial charge in [-0.25, -0.2) is 0 Å². The summed E-state index contributed by atoms with van der Waals surface area (Å²) in [6, 6.07) is 14.8. The van der Waals surface area contributed by atoms with Gasteiger partial charge in [-0.2, -0.15) is 0 Å². The molecule has 3 rings (SSSR count). The van der Waals surface area contributed by atoms with Gasteiger partial charge in [0.2, 0.25) is 11.8 Å². The van der Waals surface area contributed by atoms with Gasteiger partial charge in [0, 0.05) is 16.3 Å². The molecule has 1 heterocycles. The van der Waals surface area contributed by atoms with Crippen LogP contribution in [-0.4, -0.2) is 17.1 Å². The topological polar surface area (TPSA) is 58.2 Å². The quantitative estimate of drug-likeness (QED) is 0.865. The Kier molecular flexibility index (Phi) is 5.11. The number of carbonyl (C=O) groups is 2. The summed E-state index contributed by atoms with van der Waals surface area (Å²) in [5, 5.41) is 6.02. The van der Waals surface area contributed by atoms with Crippen LogP contribution in [0.25, 0.3) is 0 Å². The maximum Gasteiger partial charge on any atom is 0.238 e. The highest BCUT2D eigenvalue weighted by Gasteiger charge is 2.29. The Labute approximate surface area is 150 Å². The molecule has 1 aliphatic heterocycles. The van der Waals surface area contributed by atoms with E-state index in [4.69, 9.17) is 11.6 Å². The van der Waals surface area contributed by atoms with E-state index in [2.05, 4.69) is 10.6 Å². The fourth-order valence-corrected chi connectivity index (χ4v) is 3.77. The summed E-state index contributed by atoms with van der Waals surface area (Å²) < 4.78 is 0. The van der Waals surface area contributed by atoms with E-state index in [-0.39, 0.29) is 24.3 Å². The van der Waals surface area contributed by atoms with Gasteiger partial charge in [0.25, 0.3) is 0 Å². The number of halogens is 1. The van der Waals surface area contributed by atoms with Crippen molar-refractivity contribution in [2.45, 2.75) is 29.5 Å². The van der Waals surface area contributed by atoms with Crippen LogP contribution in [0.15, 0.2) is 53.4 Å². The van der Waals surface area contributed by atoms with Crippen LogP contribution in [0.5, 0.6) is 0 Å². The van der Waals surface area contributed by atoms with Crippen LogP contribution in [0.3, 0.4) is 0 Å². The van der Waals surface area contributed by atoms with Crippen LogP contribution in [0.4, 0.5) is 5.69 Å². The molecule has 0 saturated heterocycles. The number of benzene rings is 2. The molecule has 124 valence electrons. The van der Waals surface area contributed by atoms with E-state index in [1.807, 2.05) is 43.3 Å². The van der Waals surface area contributed by atoms with Gasteiger partial charge in [0.1, 0.15) is 0 Å². The summed E-state index contributed by atoms with van der Waals surface area (Å²) in [5.41, 5.74) is 1.78. The number of amides is 2. The van der Waals surface area contributed by atoms with E-state index < -0.39 is 5.25 Å². The zero-order chi connectivity index (χ0) is 17.1. The largest absolute Gasteiger partial charge is 0.350 e. The minimum atomic E-state index is -0.419. The molecule has 2 N–H and O–H groups in total. The van der Waals surface area contributed by atoms with Crippen molar-refractivity contribution >= 4 is 40.9 Å². The van der Waals surface area contributed by atoms with Crippen molar-refractivity contribution in [3.05, 3.63) is 59.1 Å². The fraction of sp³-hybridized carbons (Fsp3) is 0.222. The summed E-state index contributed by atoms with van der Waals surface area (Å²) in [7, 11) is 0. The molecule has 2 aromatic rings. The number of hydrogen-bond acceptors (Lipinski definition) is 3. The van der Waals surface area contributed by atoms with Crippen LogP contribution in [0.1, 0.15) is 24.9 Å². The van der Waals surface area contributed by atoms with Gasteiger partial charge in [-0.15, -0.1) is 11.8 Å². The second kappa shape index (κ2) is 7.28. The molecule has 0 saturated carbocycles. The monoisotopic (exact) mass is 360 g/mol. The third-order valence-corrected chi connectivity index (χ3v) is 5.35. The lowest BCUT2D eigenvalue weighted by molar-refractivity contribution is -0.124. The van der Waals surface area contributed by atoms with Gasteiger partial charge in [0.15, 0.2) is 0 Å². The molecule has 0 radical (unpaired) electrons. The highest BCUT2D eigenvalue weighted by molar-refractivity contribution is 8.01. The third-order valence-electron chi connectivity index (χ3n) is 3.82. The van der Waals surface area contributed by atoms with E-state index >= 15 is 0 Å². The van der Waals surface area contributed by atoms with E-state index in [0.29, 0.717) is 5.02 Å². The third kappa shape index (κ3) is 3.91. The minimum Gasteiger partial charge on any atom is -0.350 e. The van der Waals surface area contributed by atoms with Crippen molar-refractivity contribution in [3.8, 4) is 0 Å². The van der Waals surface area contributed by atoms with Crippen molar-refractivity contribution in [3.63, 3.8) is 0 Å². The van der Waals surface area contributed by atoms with Gasteiger partial charge in [-0.05, 0) is 36.8 Å². The molecule has 2 amide bonds. The van der Waals surface area contributed by atoms with E-state index in [9.17, 15) is 9.59 Å². The van der Waals surface area contributed by atoms with Crippen LogP contribution in [-0.2, 0) is 9.59 Å². The molecule has 24 heavy (non-hydrogen) atoms. The number of anilines is 1. The molecule has 1 aliphatic rings. The van der Waals surface area contributed by atoms with E-state index in [1.54, 1.807) is 12.1 Å². The molecule has 0 aliphatic carbocycles. The van der Waals surface area contributed by atoms with Crippen LogP contribution in [0.2, 0.25) is 5.02 Å². The smallest absolute Gasteiger partial charge is 0.238 e. The molecule has 0 spiro atoms. The molecular formula is C18H17ClN2O2S. The molecule has 0 fully saturated rings. The predicted octanol–water partition coefficient (Wildman–Crippen LogP) is 4.02. The Morgan fingerprint density at radius 3 is 2.71 bits per heavy atom. The Bertz CT molecular complexity index is 764. The van der Waals surface area contributed by atoms with Gasteiger partial charge in [0.05, 0.1) is 17.0 Å². The average molecular weight is 361 g/mol. The maximum atomic E-state index is 12.3. The van der Waals surface area contributed by atoms with E-state index in [0.717, 1.165) is 16.1 Å². The second-order valence-electron chi connectivity index (χ2n) is 5.64. The van der Waals surface area contributed by atoms with Crippen LogP contribution >= 0.6 is 23.4 Å². The summed E-state index contributed by atoms with van der Waals surface area (Å²) in [6.45, 7) is 1.91. The van der Waals surface area contributed by atoms with Crippen molar-refractivity contribution in [1.29, 1.82) is 0 Å². The van der Waals surface area contributed by atoms with Gasteiger partial charge in [-0.3, -0.25) is 9.59 Å². The zero-order valence-corrected chi connectivity index (χ0v) is 14.7. The summed E-state index contributed by atoms with van der Waals surface area (Å²) in [5.74, 6) is -0.280. The number of nitrogens with one attached hydrogen (secondary N) is 2. The highest BCUT2D eigenvalue weighted by Crippen LogP contribution is 2.36. The molecule has 0 aromatic heterocycles. The van der Waals surface area contributed by atoms with Gasteiger partial charge >= 0.3 is 0 Å². The molecule has 2 aromatic carbocycles. The first-order valence-electron chi connectivity index (χ1n) is 7.64. The average Bonchev–Trinajstić information content (AvgIpc) is 2.56. The number of rotatable bonds is 4. The summed E-state index contributed by atoms with van der Waals surface area (Å²) in [4.78, 5) is 25.4. The lowest BCUT2D eigenvalue weighted by Crippen LogP contribution is -2.35. The Morgan fingerprint density at radius 2 is 1.96 bits per heavy atom. The second-order valence-corrected chi connectivity index (χ2v) is 7.32. The van der Waals surface area contributed by atoms with Crippen molar-refractivity contribution in [1.82, 2.24) is 5.32 Å². The fourth-order valence-electron chi connectivity index (χ4n) is 2.53. The molecular weight excluding hydrogens is 344 g/mol. The number of carbonyl (C=O) groups excluding carboxylic acids is 2. The molecule has 2 atom stereocenters. The number of fused-ring (bicyclic) bond motifs is 1. The van der Waals surface area contributed by atoms with Gasteiger partial charge < -0.3 is 10.6 Å². The first-order chi connectivity index (χ1) is 11.5. The molecule has 6 heteroatoms. The van der Waals surface area contributed by atoms with Crippen molar-refractivity contribution < 1.29 is 9.59 Å². The van der Waals surface area contributed by atoms with Gasteiger partial charge in [-0.1, -0.05) is 35.9 Å². The SMILES string of the molecule is C[C@@H](NC(=O)C[C@H]1Sc2ccccc2NC1=O)c1ccc(Cl)cc1. The lowest BCUT2D eigenvalue weighted by atomic mass is 10.1. The Balaban J connectivity index is 1.61. The Hall–Kier alpha value is -1.98. The zero-order valence-electron chi connectivity index (χ0n) is 13.1. The Morgan fingerprint density at radius 1 is 1.25 bits per heavy atom. The summed E-state index contributed by atoms with van der Waals surface area (Å²) >= 11 is 7.30. The summed E-state index contributed by atoms with van der Waals surface area (Å²) in [6.07, 6.45) is 0.142. The number of para-hydroxylation sites is 1. The van der Waals surface area contributed by atoms with Crippen molar-refractivity contribution in [2.75, 3.05) is 5.32 Å². The van der Waals surface area contributed by atoms with Crippen LogP contribution < -0.4 is 10.6 Å². The maximum absolute atomic E-state index is 12.3. The minimum absolute atomic E-state index is 0.131. The van der Waals surface area contributed by atoms with Crippen LogP contribution in [0, 0.1) is 0 Å². The van der Waals surface area contributed by atoms with Crippen molar-refractivity contribution in [2.24, 2.45) is 0 Å². The van der Waals surface area contributed by atoms with E-state index in [1.165, 1.54) is 11.8 Å². The lowest BCUT2D eigenvalue weighted by Gasteiger charge is -2.24.